The molecule has 0 aromatic carbocycles. The molecule has 3 heterocycles. The van der Waals surface area contributed by atoms with Crippen LogP contribution in [0.2, 0.25) is 0 Å². The van der Waals surface area contributed by atoms with E-state index in [0.717, 1.165) is 19.6 Å². The fraction of sp³-hybridized carbons (Fsp3) is 0.154. The number of aliphatic hydroxyl groups is 1. The van der Waals surface area contributed by atoms with Crippen molar-refractivity contribution in [3.8, 4) is 0 Å². The number of hydrogen-bond acceptors (Lipinski definition) is 4. The normalized spacial score (nSPS) is 13.0. The number of thiophene rings is 2. The molecule has 0 saturated heterocycles. The minimum absolute atomic E-state index is 0.491. The van der Waals surface area contributed by atoms with Crippen LogP contribution in [0.1, 0.15) is 16.5 Å². The average Bonchev–Trinajstić information content (AvgIpc) is 2.96. The van der Waals surface area contributed by atoms with E-state index in [0.29, 0.717) is 6.42 Å². The van der Waals surface area contributed by atoms with Crippen LogP contribution in [0.5, 0.6) is 0 Å². The maximum Gasteiger partial charge on any atom is 0.0853 e. The van der Waals surface area contributed by atoms with E-state index in [-0.39, 0.29) is 0 Å². The minimum Gasteiger partial charge on any atom is -0.388 e. The SMILES string of the molecule is OC(Cc1ccc(Br)s1)c1cnc2ccsc2c1. The monoisotopic (exact) mass is 339 g/mol. The third kappa shape index (κ3) is 2.49. The van der Waals surface area contributed by atoms with Crippen molar-refractivity contribution < 1.29 is 5.11 Å². The Morgan fingerprint density at radius 2 is 2.22 bits per heavy atom. The van der Waals surface area contributed by atoms with E-state index in [1.807, 2.05) is 29.6 Å². The average molecular weight is 340 g/mol. The molecule has 0 radical (unpaired) electrons. The van der Waals surface area contributed by atoms with Gasteiger partial charge in [-0.3, -0.25) is 4.98 Å². The van der Waals surface area contributed by atoms with Crippen molar-refractivity contribution >= 4 is 48.8 Å². The molecule has 0 saturated carbocycles. The van der Waals surface area contributed by atoms with Crippen LogP contribution in [0.4, 0.5) is 0 Å². The lowest BCUT2D eigenvalue weighted by atomic mass is 10.1. The smallest absolute Gasteiger partial charge is 0.0853 e. The zero-order valence-corrected chi connectivity index (χ0v) is 12.6. The Hall–Kier alpha value is -0.750. The molecule has 3 aromatic heterocycles. The lowest BCUT2D eigenvalue weighted by Gasteiger charge is -2.09. The summed E-state index contributed by atoms with van der Waals surface area (Å²) in [4.78, 5) is 5.52. The van der Waals surface area contributed by atoms with Gasteiger partial charge >= 0.3 is 0 Å². The van der Waals surface area contributed by atoms with E-state index >= 15 is 0 Å². The van der Waals surface area contributed by atoms with E-state index < -0.39 is 6.10 Å². The number of halogens is 1. The molecule has 3 aromatic rings. The molecule has 0 aliphatic heterocycles. The molecule has 0 aliphatic rings. The molecule has 0 spiro atoms. The van der Waals surface area contributed by atoms with Gasteiger partial charge in [0.2, 0.25) is 0 Å². The molecule has 2 nitrogen and oxygen atoms in total. The third-order valence-corrected chi connectivity index (χ3v) is 5.23. The number of fused-ring (bicyclic) bond motifs is 1. The maximum atomic E-state index is 10.2. The van der Waals surface area contributed by atoms with E-state index in [1.165, 1.54) is 4.88 Å². The third-order valence-electron chi connectivity index (χ3n) is 2.73. The minimum atomic E-state index is -0.491. The highest BCUT2D eigenvalue weighted by molar-refractivity contribution is 9.11. The van der Waals surface area contributed by atoms with Gasteiger partial charge in [0.05, 0.1) is 20.1 Å². The van der Waals surface area contributed by atoms with Crippen LogP contribution in [0, 0.1) is 0 Å². The molecule has 1 unspecified atom stereocenters. The summed E-state index contributed by atoms with van der Waals surface area (Å²) in [6, 6.07) is 8.06. The molecule has 0 amide bonds. The zero-order valence-electron chi connectivity index (χ0n) is 9.34. The summed E-state index contributed by atoms with van der Waals surface area (Å²) in [5.74, 6) is 0. The van der Waals surface area contributed by atoms with Crippen LogP contribution < -0.4 is 0 Å². The number of aliphatic hydroxyl groups excluding tert-OH is 1. The molecule has 0 bridgehead atoms. The van der Waals surface area contributed by atoms with Gasteiger partial charge in [-0.05, 0) is 45.6 Å². The lowest BCUT2D eigenvalue weighted by Crippen LogP contribution is -2.00. The van der Waals surface area contributed by atoms with Crippen molar-refractivity contribution in [3.63, 3.8) is 0 Å². The molecular weight excluding hydrogens is 330 g/mol. The van der Waals surface area contributed by atoms with Gasteiger partial charge in [-0.2, -0.15) is 0 Å². The summed E-state index contributed by atoms with van der Waals surface area (Å²) in [5.41, 5.74) is 1.88. The summed E-state index contributed by atoms with van der Waals surface area (Å²) in [6.45, 7) is 0. The number of pyridine rings is 1. The highest BCUT2D eigenvalue weighted by Gasteiger charge is 2.11. The van der Waals surface area contributed by atoms with Gasteiger partial charge in [0, 0.05) is 23.1 Å². The number of hydrogen-bond donors (Lipinski definition) is 1. The first-order chi connectivity index (χ1) is 8.72. The highest BCUT2D eigenvalue weighted by atomic mass is 79.9. The van der Waals surface area contributed by atoms with Crippen molar-refractivity contribution in [3.05, 3.63) is 50.1 Å². The summed E-state index contributed by atoms with van der Waals surface area (Å²) >= 11 is 6.74. The maximum absolute atomic E-state index is 10.2. The lowest BCUT2D eigenvalue weighted by molar-refractivity contribution is 0.179. The van der Waals surface area contributed by atoms with E-state index in [4.69, 9.17) is 0 Å². The highest BCUT2D eigenvalue weighted by Crippen LogP contribution is 2.28. The molecule has 1 atom stereocenters. The van der Waals surface area contributed by atoms with Crippen molar-refractivity contribution in [2.75, 3.05) is 0 Å². The Labute approximate surface area is 121 Å². The number of rotatable bonds is 3. The summed E-state index contributed by atoms with van der Waals surface area (Å²) in [5, 5.41) is 12.3. The Balaban J connectivity index is 1.84. The van der Waals surface area contributed by atoms with Crippen molar-refractivity contribution in [1.82, 2.24) is 4.98 Å². The summed E-state index contributed by atoms with van der Waals surface area (Å²) < 4.78 is 2.22. The Morgan fingerprint density at radius 3 is 3.00 bits per heavy atom. The molecule has 92 valence electrons. The van der Waals surface area contributed by atoms with Gasteiger partial charge in [0.1, 0.15) is 0 Å². The molecule has 0 aliphatic carbocycles. The van der Waals surface area contributed by atoms with Crippen LogP contribution in [0.15, 0.2) is 39.6 Å². The van der Waals surface area contributed by atoms with Crippen LogP contribution in [0.25, 0.3) is 10.2 Å². The van der Waals surface area contributed by atoms with Crippen LogP contribution in [-0.2, 0) is 6.42 Å². The number of aromatic nitrogens is 1. The van der Waals surface area contributed by atoms with Gasteiger partial charge in [-0.25, -0.2) is 0 Å². The topological polar surface area (TPSA) is 33.1 Å². The van der Waals surface area contributed by atoms with Gasteiger partial charge in [-0.1, -0.05) is 0 Å². The summed E-state index contributed by atoms with van der Waals surface area (Å²) in [7, 11) is 0. The second-order valence-electron chi connectivity index (χ2n) is 4.00. The van der Waals surface area contributed by atoms with Gasteiger partial charge in [0.15, 0.2) is 0 Å². The molecule has 1 N–H and O–H groups in total. The van der Waals surface area contributed by atoms with Crippen LogP contribution in [-0.4, -0.2) is 10.1 Å². The van der Waals surface area contributed by atoms with E-state index in [1.54, 1.807) is 28.9 Å². The standard InChI is InChI=1S/C13H10BrNOS2/c14-13-2-1-9(18-13)6-11(16)8-5-12-10(15-7-8)3-4-17-12/h1-5,7,11,16H,6H2. The Bertz CT molecular complexity index is 676. The first kappa shape index (κ1) is 12.3. The largest absolute Gasteiger partial charge is 0.388 e. The van der Waals surface area contributed by atoms with Crippen molar-refractivity contribution in [2.24, 2.45) is 0 Å². The predicted octanol–water partition coefficient (Wildman–Crippen LogP) is 4.40. The Kier molecular flexibility index (Phi) is 3.48. The first-order valence-electron chi connectivity index (χ1n) is 5.48. The van der Waals surface area contributed by atoms with Gasteiger partial charge < -0.3 is 5.11 Å². The number of nitrogens with zero attached hydrogens (tertiary/aromatic N) is 1. The van der Waals surface area contributed by atoms with Crippen LogP contribution in [0.3, 0.4) is 0 Å². The second-order valence-corrected chi connectivity index (χ2v) is 7.49. The fourth-order valence-electron chi connectivity index (χ4n) is 1.81. The molecule has 3 rings (SSSR count). The van der Waals surface area contributed by atoms with Crippen LogP contribution >= 0.6 is 38.6 Å². The second kappa shape index (κ2) is 5.09. The molecule has 0 fully saturated rings. The Morgan fingerprint density at radius 1 is 1.33 bits per heavy atom. The van der Waals surface area contributed by atoms with E-state index in [2.05, 4.69) is 20.9 Å². The predicted molar refractivity (Wildman–Crippen MR) is 80.3 cm³/mol. The van der Waals surface area contributed by atoms with Crippen molar-refractivity contribution in [2.45, 2.75) is 12.5 Å². The first-order valence-corrected chi connectivity index (χ1v) is 7.97. The van der Waals surface area contributed by atoms with Crippen molar-refractivity contribution in [1.29, 1.82) is 0 Å². The van der Waals surface area contributed by atoms with Gasteiger partial charge in [0.25, 0.3) is 0 Å². The molecule has 5 heteroatoms. The fourth-order valence-corrected chi connectivity index (χ4v) is 4.12. The quantitative estimate of drug-likeness (QED) is 0.767. The van der Waals surface area contributed by atoms with Gasteiger partial charge in [-0.15, -0.1) is 22.7 Å². The van der Waals surface area contributed by atoms with E-state index in [9.17, 15) is 5.11 Å². The summed E-state index contributed by atoms with van der Waals surface area (Å²) in [6.07, 6.45) is 1.91. The zero-order chi connectivity index (χ0) is 12.5. The molecular formula is C13H10BrNOS2. The molecule has 18 heavy (non-hydrogen) atoms.